The molecule has 0 unspecified atom stereocenters. The Morgan fingerprint density at radius 1 is 1.00 bits per heavy atom. The molecule has 2 atom stereocenters. The van der Waals surface area contributed by atoms with E-state index in [4.69, 9.17) is 0 Å². The zero-order valence-electron chi connectivity index (χ0n) is 4.96. The molecule has 56 valence electrons. The summed E-state index contributed by atoms with van der Waals surface area (Å²) >= 11 is 4.02. The minimum atomic E-state index is -0.725. The molecule has 0 fully saturated rings. The summed E-state index contributed by atoms with van der Waals surface area (Å²) in [5.41, 5.74) is 0. The van der Waals surface area contributed by atoms with Gasteiger partial charge in [0.15, 0.2) is 0 Å². The first-order valence-corrected chi connectivity index (χ1v) is 4.87. The van der Waals surface area contributed by atoms with Crippen LogP contribution in [0.1, 0.15) is 0 Å². The van der Waals surface area contributed by atoms with Crippen LogP contribution in [0.5, 0.6) is 0 Å². The van der Waals surface area contributed by atoms with Crippen molar-refractivity contribution >= 4 is 45.2 Å². The van der Waals surface area contributed by atoms with Crippen LogP contribution in [0.3, 0.4) is 0 Å². The van der Waals surface area contributed by atoms with Crippen molar-refractivity contribution in [3.8, 4) is 0 Å². The molecule has 0 aromatic carbocycles. The number of aliphatic hydroxyl groups is 2. The molecular weight excluding hydrogens is 358 g/mol. The molecule has 1 rings (SSSR count). The predicted octanol–water partition coefficient (Wildman–Crippen LogP) is 1.36. The first-order valence-electron chi connectivity index (χ1n) is 2.72. The maximum Gasteiger partial charge on any atom is 0.115 e. The molecule has 1 aliphatic rings. The molecule has 0 saturated heterocycles. The average molecular weight is 364 g/mol. The lowest BCUT2D eigenvalue weighted by atomic mass is 10.1. The van der Waals surface area contributed by atoms with Crippen LogP contribution in [0.15, 0.2) is 19.3 Å². The van der Waals surface area contributed by atoms with Gasteiger partial charge in [0, 0.05) is 7.16 Å². The molecule has 0 radical (unpaired) electrons. The average Bonchev–Trinajstić information content (AvgIpc) is 1.93. The molecule has 10 heavy (non-hydrogen) atoms. The van der Waals surface area contributed by atoms with Crippen LogP contribution < -0.4 is 0 Å². The first-order chi connectivity index (χ1) is 4.63. The van der Waals surface area contributed by atoms with Gasteiger partial charge in [-0.3, -0.25) is 0 Å². The van der Waals surface area contributed by atoms with Crippen LogP contribution in [-0.4, -0.2) is 22.4 Å². The number of aliphatic hydroxyl groups excluding tert-OH is 2. The van der Waals surface area contributed by atoms with E-state index in [1.165, 1.54) is 0 Å². The molecule has 0 aliphatic heterocycles. The lowest BCUT2D eigenvalue weighted by molar-refractivity contribution is 0.0770. The van der Waals surface area contributed by atoms with E-state index < -0.39 is 12.2 Å². The molecule has 0 aromatic rings. The van der Waals surface area contributed by atoms with Gasteiger partial charge in [-0.25, -0.2) is 0 Å². The van der Waals surface area contributed by atoms with Gasteiger partial charge in [0.25, 0.3) is 0 Å². The number of hydrogen-bond donors (Lipinski definition) is 2. The van der Waals surface area contributed by atoms with E-state index in [2.05, 4.69) is 0 Å². The standard InChI is InChI=1S/C6H6I2O2/c7-3-1-2-4(8)6(10)5(3)9/h1-2,5-6,9-10H/t5-,6+. The van der Waals surface area contributed by atoms with Crippen molar-refractivity contribution in [2.75, 3.05) is 0 Å². The Labute approximate surface area is 86.3 Å². The Morgan fingerprint density at radius 3 is 1.60 bits per heavy atom. The lowest BCUT2D eigenvalue weighted by Gasteiger charge is -2.19. The van der Waals surface area contributed by atoms with Crippen molar-refractivity contribution in [3.63, 3.8) is 0 Å². The highest BCUT2D eigenvalue weighted by Gasteiger charge is 2.23. The molecule has 2 N–H and O–H groups in total. The highest BCUT2D eigenvalue weighted by molar-refractivity contribution is 14.1. The third-order valence-corrected chi connectivity index (χ3v) is 3.26. The van der Waals surface area contributed by atoms with Crippen molar-refractivity contribution < 1.29 is 10.2 Å². The first kappa shape index (κ1) is 8.95. The van der Waals surface area contributed by atoms with E-state index in [1.54, 1.807) is 12.2 Å². The normalized spacial score (nSPS) is 33.2. The van der Waals surface area contributed by atoms with Crippen molar-refractivity contribution in [2.24, 2.45) is 0 Å². The maximum atomic E-state index is 9.25. The summed E-state index contributed by atoms with van der Waals surface area (Å²) in [6.07, 6.45) is 2.16. The van der Waals surface area contributed by atoms with Crippen molar-refractivity contribution in [1.29, 1.82) is 0 Å². The largest absolute Gasteiger partial charge is 0.385 e. The number of allylic oxidation sites excluding steroid dienone is 2. The molecule has 0 aromatic heterocycles. The highest BCUT2D eigenvalue weighted by atomic mass is 127. The Bertz CT molecular complexity index is 176. The maximum absolute atomic E-state index is 9.25. The molecule has 2 nitrogen and oxygen atoms in total. The number of hydrogen-bond acceptors (Lipinski definition) is 2. The van der Waals surface area contributed by atoms with Crippen molar-refractivity contribution in [1.82, 2.24) is 0 Å². The molecular formula is C6H6I2O2. The fraction of sp³-hybridized carbons (Fsp3) is 0.333. The zero-order chi connectivity index (χ0) is 7.72. The third-order valence-electron chi connectivity index (χ3n) is 1.27. The summed E-state index contributed by atoms with van der Waals surface area (Å²) in [6.45, 7) is 0. The molecule has 4 heteroatoms. The van der Waals surface area contributed by atoms with Crippen LogP contribution >= 0.6 is 45.2 Å². The van der Waals surface area contributed by atoms with E-state index in [1.807, 2.05) is 45.2 Å². The minimum absolute atomic E-state index is 0.725. The quantitative estimate of drug-likeness (QED) is 0.638. The summed E-state index contributed by atoms with van der Waals surface area (Å²) in [7, 11) is 0. The second-order valence-corrected chi connectivity index (χ2v) is 4.48. The lowest BCUT2D eigenvalue weighted by Crippen LogP contribution is -2.27. The second-order valence-electron chi connectivity index (χ2n) is 1.99. The van der Waals surface area contributed by atoms with Gasteiger partial charge in [0.1, 0.15) is 12.2 Å². The van der Waals surface area contributed by atoms with Crippen molar-refractivity contribution in [2.45, 2.75) is 12.2 Å². The van der Waals surface area contributed by atoms with Gasteiger partial charge in [-0.1, -0.05) is 0 Å². The van der Waals surface area contributed by atoms with Gasteiger partial charge < -0.3 is 10.2 Å². The smallest absolute Gasteiger partial charge is 0.115 e. The third kappa shape index (κ3) is 1.72. The fourth-order valence-corrected chi connectivity index (χ4v) is 1.70. The topological polar surface area (TPSA) is 40.5 Å². The fourth-order valence-electron chi connectivity index (χ4n) is 0.658. The summed E-state index contributed by atoms with van der Waals surface area (Å²) in [5, 5.41) is 18.5. The van der Waals surface area contributed by atoms with E-state index in [0.717, 1.165) is 7.16 Å². The van der Waals surface area contributed by atoms with E-state index in [-0.39, 0.29) is 0 Å². The molecule has 0 saturated carbocycles. The second kappa shape index (κ2) is 3.51. The summed E-state index contributed by atoms with van der Waals surface area (Å²) < 4.78 is 1.57. The Morgan fingerprint density at radius 2 is 1.30 bits per heavy atom. The molecule has 0 amide bonds. The minimum Gasteiger partial charge on any atom is -0.385 e. The summed E-state index contributed by atoms with van der Waals surface area (Å²) in [4.78, 5) is 0. The van der Waals surface area contributed by atoms with E-state index in [0.29, 0.717) is 0 Å². The van der Waals surface area contributed by atoms with E-state index in [9.17, 15) is 10.2 Å². The van der Waals surface area contributed by atoms with Crippen LogP contribution in [0.25, 0.3) is 0 Å². The molecule has 0 bridgehead atoms. The predicted molar refractivity (Wildman–Crippen MR) is 56.2 cm³/mol. The Hall–Kier alpha value is 0.860. The van der Waals surface area contributed by atoms with E-state index >= 15 is 0 Å². The molecule has 0 heterocycles. The number of rotatable bonds is 0. The van der Waals surface area contributed by atoms with Crippen LogP contribution in [0.2, 0.25) is 0 Å². The Kier molecular flexibility index (Phi) is 3.14. The van der Waals surface area contributed by atoms with Gasteiger partial charge in [-0.2, -0.15) is 0 Å². The monoisotopic (exact) mass is 364 g/mol. The van der Waals surface area contributed by atoms with Crippen molar-refractivity contribution in [3.05, 3.63) is 19.3 Å². The van der Waals surface area contributed by atoms with Gasteiger partial charge in [-0.15, -0.1) is 0 Å². The van der Waals surface area contributed by atoms with Gasteiger partial charge in [-0.05, 0) is 57.3 Å². The molecule has 0 spiro atoms. The highest BCUT2D eigenvalue weighted by Crippen LogP contribution is 2.27. The Balaban J connectivity index is 2.86. The van der Waals surface area contributed by atoms with Gasteiger partial charge in [0.05, 0.1) is 0 Å². The summed E-state index contributed by atoms with van der Waals surface area (Å²) in [6, 6.07) is 0. The molecule has 1 aliphatic carbocycles. The van der Waals surface area contributed by atoms with Crippen LogP contribution in [-0.2, 0) is 0 Å². The SMILES string of the molecule is O[C@@H]1C(I)=CC=C(I)[C@@H]1O. The number of halogens is 2. The van der Waals surface area contributed by atoms with Gasteiger partial charge in [0.2, 0.25) is 0 Å². The van der Waals surface area contributed by atoms with Crippen LogP contribution in [0, 0.1) is 0 Å². The van der Waals surface area contributed by atoms with Gasteiger partial charge >= 0.3 is 0 Å². The zero-order valence-corrected chi connectivity index (χ0v) is 9.27. The van der Waals surface area contributed by atoms with Crippen LogP contribution in [0.4, 0.5) is 0 Å². The summed E-state index contributed by atoms with van der Waals surface area (Å²) in [5.74, 6) is 0.